The molecule has 1 aliphatic rings. The van der Waals surface area contributed by atoms with Gasteiger partial charge in [-0.15, -0.1) is 0 Å². The summed E-state index contributed by atoms with van der Waals surface area (Å²) in [4.78, 5) is 4.79. The van der Waals surface area contributed by atoms with Crippen molar-refractivity contribution in [2.45, 2.75) is 26.4 Å². The summed E-state index contributed by atoms with van der Waals surface area (Å²) in [6.07, 6.45) is 1.34. The van der Waals surface area contributed by atoms with Gasteiger partial charge in [-0.3, -0.25) is 0 Å². The molecule has 4 heteroatoms. The van der Waals surface area contributed by atoms with Gasteiger partial charge in [0, 0.05) is 31.4 Å². The molecule has 1 fully saturated rings. The number of ether oxygens (including phenoxy) is 1. The molecule has 1 aromatic rings. The van der Waals surface area contributed by atoms with Gasteiger partial charge in [-0.2, -0.15) is 0 Å². The maximum atomic E-state index is 5.97. The van der Waals surface area contributed by atoms with E-state index in [2.05, 4.69) is 29.0 Å². The maximum absolute atomic E-state index is 5.97. The van der Waals surface area contributed by atoms with Gasteiger partial charge in [0.15, 0.2) is 0 Å². The highest BCUT2D eigenvalue weighted by molar-refractivity contribution is 5.62. The van der Waals surface area contributed by atoms with E-state index in [1.165, 1.54) is 18.7 Å². The minimum atomic E-state index is 0.146. The summed E-state index contributed by atoms with van der Waals surface area (Å²) in [6.45, 7) is 8.46. The Morgan fingerprint density at radius 3 is 2.68 bits per heavy atom. The number of nitrogens with zero attached hydrogens (tertiary/aromatic N) is 2. The highest BCUT2D eigenvalue weighted by Crippen LogP contribution is 2.29. The molecule has 0 aromatic heterocycles. The fourth-order valence-electron chi connectivity index (χ4n) is 2.38. The van der Waals surface area contributed by atoms with E-state index in [1.54, 1.807) is 0 Å². The highest BCUT2D eigenvalue weighted by Gasteiger charge is 2.14. The lowest BCUT2D eigenvalue weighted by Crippen LogP contribution is -2.28. The third-order valence-corrected chi connectivity index (χ3v) is 3.44. The van der Waals surface area contributed by atoms with Crippen molar-refractivity contribution in [3.63, 3.8) is 0 Å². The standard InChI is InChI=1S/C15H25N3O/c1-12(2)19-15-11-13(5-6-14(15)16)18-8-4-7-17(3)9-10-18/h5-6,11-12H,4,7-10,16H2,1-3H3. The number of nitrogen functional groups attached to an aromatic ring is 1. The fraction of sp³-hybridized carbons (Fsp3) is 0.600. The Kier molecular flexibility index (Phi) is 4.53. The maximum Gasteiger partial charge on any atom is 0.144 e. The summed E-state index contributed by atoms with van der Waals surface area (Å²) in [5, 5.41) is 0. The first-order valence-electron chi connectivity index (χ1n) is 7.06. The summed E-state index contributed by atoms with van der Waals surface area (Å²) < 4.78 is 5.77. The van der Waals surface area contributed by atoms with Crippen LogP contribution in [-0.4, -0.2) is 44.2 Å². The molecule has 0 amide bonds. The molecule has 1 aliphatic heterocycles. The molecule has 0 saturated carbocycles. The van der Waals surface area contributed by atoms with Gasteiger partial charge in [-0.05, 0) is 46.0 Å². The van der Waals surface area contributed by atoms with Crippen molar-refractivity contribution in [3.8, 4) is 5.75 Å². The van der Waals surface area contributed by atoms with Crippen molar-refractivity contribution >= 4 is 11.4 Å². The smallest absolute Gasteiger partial charge is 0.144 e. The lowest BCUT2D eigenvalue weighted by atomic mass is 10.2. The van der Waals surface area contributed by atoms with Crippen LogP contribution < -0.4 is 15.4 Å². The lowest BCUT2D eigenvalue weighted by Gasteiger charge is -2.24. The SMILES string of the molecule is CC(C)Oc1cc(N2CCCN(C)CC2)ccc1N. The summed E-state index contributed by atoms with van der Waals surface area (Å²) in [5.41, 5.74) is 7.89. The molecule has 106 valence electrons. The van der Waals surface area contributed by atoms with Crippen LogP contribution in [0.5, 0.6) is 5.75 Å². The molecular formula is C15H25N3O. The van der Waals surface area contributed by atoms with Crippen LogP contribution >= 0.6 is 0 Å². The van der Waals surface area contributed by atoms with Crippen molar-refractivity contribution in [1.29, 1.82) is 0 Å². The van der Waals surface area contributed by atoms with Crippen LogP contribution in [0.3, 0.4) is 0 Å². The quantitative estimate of drug-likeness (QED) is 0.849. The second-order valence-corrected chi connectivity index (χ2v) is 5.53. The Balaban J connectivity index is 2.15. The molecule has 2 N–H and O–H groups in total. The first-order valence-corrected chi connectivity index (χ1v) is 7.06. The number of rotatable bonds is 3. The average Bonchev–Trinajstić information content (AvgIpc) is 2.56. The van der Waals surface area contributed by atoms with Crippen LogP contribution in [0.25, 0.3) is 0 Å². The molecular weight excluding hydrogens is 238 g/mol. The van der Waals surface area contributed by atoms with Crippen molar-refractivity contribution < 1.29 is 4.74 Å². The summed E-state index contributed by atoms with van der Waals surface area (Å²) in [7, 11) is 2.18. The number of hydrogen-bond acceptors (Lipinski definition) is 4. The zero-order valence-electron chi connectivity index (χ0n) is 12.2. The third kappa shape index (κ3) is 3.77. The molecule has 19 heavy (non-hydrogen) atoms. The summed E-state index contributed by atoms with van der Waals surface area (Å²) in [6, 6.07) is 6.11. The van der Waals surface area contributed by atoms with E-state index in [0.29, 0.717) is 5.69 Å². The molecule has 0 unspecified atom stereocenters. The normalized spacial score (nSPS) is 17.6. The van der Waals surface area contributed by atoms with E-state index >= 15 is 0 Å². The molecule has 1 heterocycles. The molecule has 0 spiro atoms. The average molecular weight is 263 g/mol. The Morgan fingerprint density at radius 1 is 1.16 bits per heavy atom. The van der Waals surface area contributed by atoms with E-state index in [-0.39, 0.29) is 6.10 Å². The molecule has 0 atom stereocenters. The Morgan fingerprint density at radius 2 is 1.95 bits per heavy atom. The minimum absolute atomic E-state index is 0.146. The van der Waals surface area contributed by atoms with Crippen LogP contribution in [0.15, 0.2) is 18.2 Å². The van der Waals surface area contributed by atoms with Crippen LogP contribution in [0.2, 0.25) is 0 Å². The van der Waals surface area contributed by atoms with Gasteiger partial charge in [0.2, 0.25) is 0 Å². The molecule has 1 saturated heterocycles. The highest BCUT2D eigenvalue weighted by atomic mass is 16.5. The van der Waals surface area contributed by atoms with Gasteiger partial charge < -0.3 is 20.3 Å². The predicted octanol–water partition coefficient (Wildman–Crippen LogP) is 2.20. The lowest BCUT2D eigenvalue weighted by molar-refractivity contribution is 0.244. The van der Waals surface area contributed by atoms with Gasteiger partial charge in [0.05, 0.1) is 11.8 Å². The number of nitrogens with two attached hydrogens (primary N) is 1. The molecule has 2 rings (SSSR count). The van der Waals surface area contributed by atoms with Gasteiger partial charge in [0.1, 0.15) is 5.75 Å². The molecule has 4 nitrogen and oxygen atoms in total. The fourth-order valence-corrected chi connectivity index (χ4v) is 2.38. The van der Waals surface area contributed by atoms with E-state index in [9.17, 15) is 0 Å². The molecule has 1 aromatic carbocycles. The van der Waals surface area contributed by atoms with Gasteiger partial charge in [-0.25, -0.2) is 0 Å². The Hall–Kier alpha value is -1.42. The zero-order valence-corrected chi connectivity index (χ0v) is 12.2. The van der Waals surface area contributed by atoms with E-state index < -0.39 is 0 Å². The Bertz CT molecular complexity index is 420. The minimum Gasteiger partial charge on any atom is -0.489 e. The van der Waals surface area contributed by atoms with E-state index in [1.807, 2.05) is 19.9 Å². The van der Waals surface area contributed by atoms with Crippen molar-refractivity contribution in [2.24, 2.45) is 0 Å². The largest absolute Gasteiger partial charge is 0.489 e. The van der Waals surface area contributed by atoms with Gasteiger partial charge in [0.25, 0.3) is 0 Å². The van der Waals surface area contributed by atoms with Crippen molar-refractivity contribution in [1.82, 2.24) is 4.90 Å². The number of anilines is 2. The Labute approximate surface area is 116 Å². The monoisotopic (exact) mass is 263 g/mol. The van der Waals surface area contributed by atoms with Crippen LogP contribution in [-0.2, 0) is 0 Å². The second-order valence-electron chi connectivity index (χ2n) is 5.53. The van der Waals surface area contributed by atoms with Gasteiger partial charge in [-0.1, -0.05) is 0 Å². The topological polar surface area (TPSA) is 41.7 Å². The molecule has 0 bridgehead atoms. The first-order chi connectivity index (χ1) is 9.06. The van der Waals surface area contributed by atoms with Crippen LogP contribution in [0.1, 0.15) is 20.3 Å². The predicted molar refractivity (Wildman–Crippen MR) is 80.9 cm³/mol. The van der Waals surface area contributed by atoms with Crippen molar-refractivity contribution in [3.05, 3.63) is 18.2 Å². The molecule has 0 aliphatic carbocycles. The number of hydrogen-bond donors (Lipinski definition) is 1. The van der Waals surface area contributed by atoms with Crippen LogP contribution in [0, 0.1) is 0 Å². The van der Waals surface area contributed by atoms with Crippen molar-refractivity contribution in [2.75, 3.05) is 43.9 Å². The number of benzene rings is 1. The van der Waals surface area contributed by atoms with Crippen LogP contribution in [0.4, 0.5) is 11.4 Å². The van der Waals surface area contributed by atoms with E-state index in [0.717, 1.165) is 25.4 Å². The van der Waals surface area contributed by atoms with Gasteiger partial charge >= 0.3 is 0 Å². The third-order valence-electron chi connectivity index (χ3n) is 3.44. The van der Waals surface area contributed by atoms with E-state index in [4.69, 9.17) is 10.5 Å². The first kappa shape index (κ1) is 14.0. The second kappa shape index (κ2) is 6.15. The molecule has 0 radical (unpaired) electrons. The summed E-state index contributed by atoms with van der Waals surface area (Å²) >= 11 is 0. The zero-order chi connectivity index (χ0) is 13.8. The number of likely N-dealkylation sites (N-methyl/N-ethyl adjacent to an activating group) is 1. The summed E-state index contributed by atoms with van der Waals surface area (Å²) in [5.74, 6) is 0.796.